The lowest BCUT2D eigenvalue weighted by atomic mass is 9.73. The predicted molar refractivity (Wildman–Crippen MR) is 105 cm³/mol. The fourth-order valence-corrected chi connectivity index (χ4v) is 3.74. The Hall–Kier alpha value is -3.06. The Morgan fingerprint density at radius 3 is 2.48 bits per heavy atom. The molecule has 7 heteroatoms. The molecule has 0 heterocycles. The largest absolute Gasteiger partial charge is 0.458 e. The van der Waals surface area contributed by atoms with Crippen molar-refractivity contribution in [1.29, 1.82) is 0 Å². The molecule has 0 radical (unpaired) electrons. The van der Waals surface area contributed by atoms with Crippen LogP contribution in [0, 0.1) is 5.82 Å². The van der Waals surface area contributed by atoms with Gasteiger partial charge in [-0.1, -0.05) is 30.3 Å². The summed E-state index contributed by atoms with van der Waals surface area (Å²) in [5.74, 6) is -1.57. The molecule has 0 aromatic heterocycles. The van der Waals surface area contributed by atoms with Gasteiger partial charge in [0.25, 0.3) is 5.91 Å². The van der Waals surface area contributed by atoms with Crippen LogP contribution in [0.2, 0.25) is 0 Å². The van der Waals surface area contributed by atoms with E-state index in [1.165, 1.54) is 24.3 Å². The summed E-state index contributed by atoms with van der Waals surface area (Å²) in [5.41, 5.74) is -0.272. The summed E-state index contributed by atoms with van der Waals surface area (Å²) in [5, 5.41) is 5.54. The number of benzene rings is 2. The zero-order valence-electron chi connectivity index (χ0n) is 16.1. The lowest BCUT2D eigenvalue weighted by molar-refractivity contribution is -0.158. The summed E-state index contributed by atoms with van der Waals surface area (Å²) >= 11 is 0. The topological polar surface area (TPSA) is 84.5 Å². The minimum atomic E-state index is -1.24. The van der Waals surface area contributed by atoms with Crippen LogP contribution in [0.25, 0.3) is 0 Å². The second-order valence-electron chi connectivity index (χ2n) is 6.91. The van der Waals surface area contributed by atoms with Crippen LogP contribution in [0.4, 0.5) is 4.39 Å². The van der Waals surface area contributed by atoms with E-state index in [0.29, 0.717) is 30.4 Å². The van der Waals surface area contributed by atoms with Gasteiger partial charge in [-0.05, 0) is 49.7 Å². The Morgan fingerprint density at radius 2 is 1.83 bits per heavy atom. The monoisotopic (exact) mass is 398 g/mol. The van der Waals surface area contributed by atoms with Crippen molar-refractivity contribution in [3.63, 3.8) is 0 Å². The van der Waals surface area contributed by atoms with E-state index in [1.54, 1.807) is 37.4 Å². The molecular weight excluding hydrogens is 375 g/mol. The fourth-order valence-electron chi connectivity index (χ4n) is 3.74. The molecule has 1 aliphatic carbocycles. The van der Waals surface area contributed by atoms with Gasteiger partial charge in [0, 0.05) is 12.0 Å². The molecule has 152 valence electrons. The molecule has 3 rings (SSSR count). The van der Waals surface area contributed by atoms with Crippen molar-refractivity contribution in [2.45, 2.75) is 30.9 Å². The van der Waals surface area contributed by atoms with Crippen molar-refractivity contribution in [2.75, 3.05) is 13.6 Å². The number of likely N-dealkylation sites (N-methyl/N-ethyl adjacent to an activating group) is 1. The Balaban J connectivity index is 1.73. The molecule has 1 fully saturated rings. The number of carbonyl (C=O) groups is 3. The van der Waals surface area contributed by atoms with Crippen LogP contribution in [-0.4, -0.2) is 37.4 Å². The van der Waals surface area contributed by atoms with E-state index in [9.17, 15) is 18.8 Å². The third-order valence-corrected chi connectivity index (χ3v) is 5.19. The van der Waals surface area contributed by atoms with Gasteiger partial charge in [0.1, 0.15) is 24.0 Å². The fraction of sp³-hybridized carbons (Fsp3) is 0.318. The van der Waals surface area contributed by atoms with Crippen molar-refractivity contribution in [1.82, 2.24) is 10.6 Å². The quantitative estimate of drug-likeness (QED) is 0.730. The standard InChI is InChI=1S/C22H23FN2O4/c1-24-22(16-10-12-17(23)13-11-16)18(26)8-5-9-19(22)29-20(27)14-25-21(28)15-6-3-2-4-7-15/h2-4,6-7,10-13,19,24H,5,8-9,14H2,1H3,(H,25,28)/t19?,22-/m1/s1. The molecule has 2 aromatic rings. The highest BCUT2D eigenvalue weighted by Gasteiger charge is 2.50. The van der Waals surface area contributed by atoms with Gasteiger partial charge in [-0.25, -0.2) is 4.39 Å². The van der Waals surface area contributed by atoms with E-state index in [2.05, 4.69) is 10.6 Å². The Kier molecular flexibility index (Phi) is 6.39. The van der Waals surface area contributed by atoms with Crippen molar-refractivity contribution >= 4 is 17.7 Å². The molecule has 1 aliphatic rings. The van der Waals surface area contributed by atoms with E-state index in [-0.39, 0.29) is 18.2 Å². The van der Waals surface area contributed by atoms with Crippen molar-refractivity contribution in [3.05, 3.63) is 71.5 Å². The van der Waals surface area contributed by atoms with Gasteiger partial charge in [-0.2, -0.15) is 0 Å². The first-order valence-corrected chi connectivity index (χ1v) is 9.48. The van der Waals surface area contributed by atoms with E-state index < -0.39 is 23.4 Å². The second kappa shape index (κ2) is 8.96. The van der Waals surface area contributed by atoms with E-state index >= 15 is 0 Å². The van der Waals surface area contributed by atoms with E-state index in [0.717, 1.165) is 0 Å². The molecule has 2 aromatic carbocycles. The molecule has 6 nitrogen and oxygen atoms in total. The normalized spacial score (nSPS) is 21.4. The van der Waals surface area contributed by atoms with Gasteiger partial charge in [0.15, 0.2) is 5.78 Å². The highest BCUT2D eigenvalue weighted by molar-refractivity contribution is 5.96. The molecule has 29 heavy (non-hydrogen) atoms. The number of Topliss-reactive ketones (excluding diaryl/α,β-unsaturated/α-hetero) is 1. The van der Waals surface area contributed by atoms with Crippen LogP contribution < -0.4 is 10.6 Å². The molecule has 2 atom stereocenters. The Labute approximate surface area is 168 Å². The zero-order chi connectivity index (χ0) is 20.9. The summed E-state index contributed by atoms with van der Waals surface area (Å²) in [6.45, 7) is -0.318. The van der Waals surface area contributed by atoms with Crippen LogP contribution >= 0.6 is 0 Å². The summed E-state index contributed by atoms with van der Waals surface area (Å²) in [6, 6.07) is 14.1. The summed E-state index contributed by atoms with van der Waals surface area (Å²) in [4.78, 5) is 37.4. The molecule has 0 aliphatic heterocycles. The van der Waals surface area contributed by atoms with Gasteiger partial charge in [-0.15, -0.1) is 0 Å². The van der Waals surface area contributed by atoms with Crippen LogP contribution in [-0.2, 0) is 19.9 Å². The van der Waals surface area contributed by atoms with Crippen LogP contribution in [0.5, 0.6) is 0 Å². The number of ketones is 1. The number of ether oxygens (including phenoxy) is 1. The predicted octanol–water partition coefficient (Wildman–Crippen LogP) is 2.34. The average Bonchev–Trinajstić information content (AvgIpc) is 2.74. The lowest BCUT2D eigenvalue weighted by Gasteiger charge is -2.42. The van der Waals surface area contributed by atoms with Gasteiger partial charge < -0.3 is 15.4 Å². The SMILES string of the molecule is CN[C@]1(c2ccc(F)cc2)C(=O)CCCC1OC(=O)CNC(=O)c1ccccc1. The zero-order valence-corrected chi connectivity index (χ0v) is 16.1. The number of halogens is 1. The van der Waals surface area contributed by atoms with Crippen molar-refractivity contribution in [3.8, 4) is 0 Å². The minimum Gasteiger partial charge on any atom is -0.458 e. The maximum atomic E-state index is 13.4. The molecule has 1 unspecified atom stereocenters. The summed E-state index contributed by atoms with van der Waals surface area (Å²) in [7, 11) is 1.62. The van der Waals surface area contributed by atoms with Crippen molar-refractivity contribution < 1.29 is 23.5 Å². The molecule has 0 spiro atoms. The number of hydrogen-bond acceptors (Lipinski definition) is 5. The molecule has 0 saturated heterocycles. The van der Waals surface area contributed by atoms with Gasteiger partial charge in [0.2, 0.25) is 0 Å². The number of nitrogens with one attached hydrogen (secondary N) is 2. The summed E-state index contributed by atoms with van der Waals surface area (Å²) in [6.07, 6.45) is 0.622. The van der Waals surface area contributed by atoms with Gasteiger partial charge in [0.05, 0.1) is 0 Å². The molecule has 0 bridgehead atoms. The summed E-state index contributed by atoms with van der Waals surface area (Å²) < 4.78 is 19.0. The van der Waals surface area contributed by atoms with E-state index in [4.69, 9.17) is 4.74 Å². The molecule has 2 N–H and O–H groups in total. The minimum absolute atomic E-state index is 0.121. The first kappa shape index (κ1) is 20.7. The smallest absolute Gasteiger partial charge is 0.325 e. The number of carbonyl (C=O) groups excluding carboxylic acids is 3. The average molecular weight is 398 g/mol. The van der Waals surface area contributed by atoms with E-state index in [1.807, 2.05) is 0 Å². The lowest BCUT2D eigenvalue weighted by Crippen LogP contribution is -2.59. The number of hydrogen-bond donors (Lipinski definition) is 2. The number of esters is 1. The first-order valence-electron chi connectivity index (χ1n) is 9.48. The Morgan fingerprint density at radius 1 is 1.14 bits per heavy atom. The number of rotatable bonds is 6. The van der Waals surface area contributed by atoms with Crippen molar-refractivity contribution in [2.24, 2.45) is 0 Å². The first-order chi connectivity index (χ1) is 14.0. The molecule has 1 saturated carbocycles. The second-order valence-corrected chi connectivity index (χ2v) is 6.91. The highest BCUT2D eigenvalue weighted by atomic mass is 19.1. The maximum Gasteiger partial charge on any atom is 0.325 e. The maximum absolute atomic E-state index is 13.4. The Bertz CT molecular complexity index is 885. The third-order valence-electron chi connectivity index (χ3n) is 5.19. The van der Waals surface area contributed by atoms with Crippen LogP contribution in [0.3, 0.4) is 0 Å². The van der Waals surface area contributed by atoms with Crippen LogP contribution in [0.1, 0.15) is 35.2 Å². The van der Waals surface area contributed by atoms with Crippen LogP contribution in [0.15, 0.2) is 54.6 Å². The van der Waals surface area contributed by atoms with Gasteiger partial charge >= 0.3 is 5.97 Å². The third kappa shape index (κ3) is 4.35. The van der Waals surface area contributed by atoms with Gasteiger partial charge in [-0.3, -0.25) is 14.4 Å². The molecular formula is C22H23FN2O4. The molecule has 1 amide bonds. The number of amides is 1. The highest BCUT2D eigenvalue weighted by Crippen LogP contribution is 2.36.